The van der Waals surface area contributed by atoms with Crippen LogP contribution in [0.15, 0.2) is 430 Å². The van der Waals surface area contributed by atoms with Gasteiger partial charge in [0.2, 0.25) is 29.5 Å². The summed E-state index contributed by atoms with van der Waals surface area (Å²) < 4.78 is 119. The summed E-state index contributed by atoms with van der Waals surface area (Å²) in [6, 6.07) is 133. The lowest BCUT2D eigenvalue weighted by Crippen LogP contribution is -2.36. The van der Waals surface area contributed by atoms with Crippen molar-refractivity contribution in [2.24, 2.45) is 0 Å². The fraction of sp³-hybridized carbons (Fsp3) is 0.0270. The van der Waals surface area contributed by atoms with Gasteiger partial charge in [0.25, 0.3) is 0 Å². The fourth-order valence-electron chi connectivity index (χ4n) is 23.5. The first kappa shape index (κ1) is 71.1. The number of hydrogen-bond donors (Lipinski definition) is 0. The number of para-hydroxylation sites is 3. The molecule has 3 aliphatic heterocycles. The van der Waals surface area contributed by atoms with Gasteiger partial charge in [0.1, 0.15) is 0 Å². The van der Waals surface area contributed by atoms with Gasteiger partial charge in [-0.2, -0.15) is 0 Å². The van der Waals surface area contributed by atoms with E-state index >= 15 is 29.8 Å². The first-order valence-corrected chi connectivity index (χ1v) is 48.1. The zero-order valence-corrected chi connectivity index (χ0v) is 69.8. The number of aromatic nitrogens is 3. The summed E-state index contributed by atoms with van der Waals surface area (Å²) in [5, 5.41) is 6.98. The van der Waals surface area contributed by atoms with Crippen molar-refractivity contribution in [3.63, 3.8) is 0 Å². The van der Waals surface area contributed by atoms with Crippen LogP contribution in [-0.4, -0.2) is 39.0 Å². The van der Waals surface area contributed by atoms with E-state index in [1.807, 2.05) is 255 Å². The summed E-state index contributed by atoms with van der Waals surface area (Å²) in [7, 11) is -16.5. The van der Waals surface area contributed by atoms with Crippen LogP contribution in [0.2, 0.25) is 0 Å². The van der Waals surface area contributed by atoms with E-state index in [0.717, 1.165) is 133 Å². The molecule has 18 aromatic carbocycles. The maximum Gasteiger partial charge on any atom is 0.207 e. The van der Waals surface area contributed by atoms with Gasteiger partial charge in [0.15, 0.2) is 7.14 Å². The molecule has 3 spiro atoms. The molecule has 0 unspecified atom stereocenters. The van der Waals surface area contributed by atoms with Crippen molar-refractivity contribution < 1.29 is 29.8 Å². The number of fused-ring (bicyclic) bond motifs is 36. The molecule has 0 saturated carbocycles. The Morgan fingerprint density at radius 1 is 0.184 bits per heavy atom. The van der Waals surface area contributed by atoms with Crippen molar-refractivity contribution in [1.82, 2.24) is 13.7 Å². The molecule has 0 fully saturated rings. The van der Waals surface area contributed by atoms with E-state index in [1.54, 1.807) is 18.2 Å². The van der Waals surface area contributed by atoms with Crippen molar-refractivity contribution in [2.75, 3.05) is 0 Å². The number of sulfone groups is 3. The molecular formula is C111H66N3O7PS3. The molecule has 14 heteroatoms. The van der Waals surface area contributed by atoms with Crippen LogP contribution in [0.3, 0.4) is 0 Å². The van der Waals surface area contributed by atoms with Gasteiger partial charge in [-0.1, -0.05) is 255 Å². The minimum Gasteiger partial charge on any atom is -0.309 e. The van der Waals surface area contributed by atoms with Crippen molar-refractivity contribution in [1.29, 1.82) is 0 Å². The van der Waals surface area contributed by atoms with Gasteiger partial charge in [0.05, 0.1) is 78.7 Å². The zero-order chi connectivity index (χ0) is 83.1. The van der Waals surface area contributed by atoms with Gasteiger partial charge in [-0.15, -0.1) is 0 Å². The second-order valence-electron chi connectivity index (χ2n) is 33.8. The van der Waals surface area contributed by atoms with Gasteiger partial charge in [0, 0.05) is 65.3 Å². The molecule has 0 N–H and O–H groups in total. The lowest BCUT2D eigenvalue weighted by atomic mass is 9.67. The Morgan fingerprint density at radius 3 is 0.640 bits per heavy atom. The van der Waals surface area contributed by atoms with E-state index in [9.17, 15) is 0 Å². The normalized spacial score (nSPS) is 15.8. The van der Waals surface area contributed by atoms with Crippen LogP contribution in [0, 0.1) is 0 Å². The smallest absolute Gasteiger partial charge is 0.207 e. The summed E-state index contributed by atoms with van der Waals surface area (Å²) in [4.78, 5) is 1.47. The Labute approximate surface area is 719 Å². The summed E-state index contributed by atoms with van der Waals surface area (Å²) >= 11 is 0. The van der Waals surface area contributed by atoms with Crippen molar-refractivity contribution >= 4 is 118 Å². The van der Waals surface area contributed by atoms with Crippen LogP contribution in [-0.2, 0) is 50.3 Å². The summed E-state index contributed by atoms with van der Waals surface area (Å²) in [6.45, 7) is 0. The topological polar surface area (TPSA) is 134 Å². The third-order valence-electron chi connectivity index (χ3n) is 28.4. The Balaban J connectivity index is 0.649. The molecule has 0 atom stereocenters. The van der Waals surface area contributed by atoms with E-state index in [-0.39, 0.29) is 29.4 Å². The molecule has 0 amide bonds. The summed E-state index contributed by atoms with van der Waals surface area (Å²) in [6.07, 6.45) is 0. The van der Waals surface area contributed by atoms with Crippen LogP contribution < -0.4 is 15.9 Å². The lowest BCUT2D eigenvalue weighted by Gasteiger charge is -2.39. The lowest BCUT2D eigenvalue weighted by molar-refractivity contribution is 0.579. The van der Waals surface area contributed by atoms with Crippen LogP contribution in [0.1, 0.15) is 66.8 Å². The molecule has 0 radical (unpaired) electrons. The average Bonchev–Trinajstić information content (AvgIpc) is 1.54. The zero-order valence-electron chi connectivity index (χ0n) is 66.5. The number of rotatable bonds is 6. The monoisotopic (exact) mass is 1680 g/mol. The van der Waals surface area contributed by atoms with Crippen LogP contribution in [0.4, 0.5) is 0 Å². The highest BCUT2D eigenvalue weighted by molar-refractivity contribution is 7.92. The number of hydrogen-bond acceptors (Lipinski definition) is 7. The van der Waals surface area contributed by atoms with E-state index in [4.69, 9.17) is 0 Å². The predicted octanol–water partition coefficient (Wildman–Crippen LogP) is 23.1. The molecule has 27 rings (SSSR count). The van der Waals surface area contributed by atoms with Crippen molar-refractivity contribution in [2.45, 2.75) is 45.6 Å². The standard InChI is InChI=1S/C111H66N3O7PS3/c115-122(70-55-49-67(50-56-70)112-97-43-19-7-31-79(97)82-61-94-106(64-100(82)112)123(116,117)103-46-22-16-40-91(103)109(94)85-34-10-1-25-73(85)74-26-2-11-35-86(74)109,71-57-51-68(52-58-71)113-98-44-20-8-32-80(98)83-62-95-107(65-101(83)113)124(118,119)104-47-23-17-41-92(104)110(95)87-36-12-3-27-75(87)76-28-4-13-37-88(76)110)72-59-53-69(54-60-72)114-99-45-21-9-33-81(99)84-63-96-108(66-102(84)114)125(120,121)105-48-24-18-42-93(105)111(96)89-38-14-5-29-77(89)78-30-6-15-39-90(78)111/h1-66H. The molecule has 21 aromatic rings. The summed E-state index contributed by atoms with van der Waals surface area (Å²) in [5.41, 5.74) is 20.6. The Kier molecular flexibility index (Phi) is 14.0. The third kappa shape index (κ3) is 8.68. The number of nitrogens with zero attached hydrogens (tertiary/aromatic N) is 3. The third-order valence-corrected chi connectivity index (χ3v) is 37.0. The fourth-order valence-corrected chi connectivity index (χ4v) is 31.4. The Hall–Kier alpha value is -14.6. The van der Waals surface area contributed by atoms with E-state index in [0.29, 0.717) is 65.8 Å². The largest absolute Gasteiger partial charge is 0.309 e. The second-order valence-corrected chi connectivity index (χ2v) is 42.3. The van der Waals surface area contributed by atoms with E-state index < -0.39 is 52.9 Å². The molecule has 0 bridgehead atoms. The quantitative estimate of drug-likeness (QED) is 0.151. The van der Waals surface area contributed by atoms with Gasteiger partial charge >= 0.3 is 0 Å². The molecule has 6 heterocycles. The van der Waals surface area contributed by atoms with Crippen LogP contribution in [0.5, 0.6) is 0 Å². The van der Waals surface area contributed by atoms with Crippen LogP contribution in [0.25, 0.3) is 116 Å². The van der Waals surface area contributed by atoms with E-state index in [1.165, 1.54) is 0 Å². The highest BCUT2D eigenvalue weighted by Gasteiger charge is 2.58. The molecule has 125 heavy (non-hydrogen) atoms. The molecular weight excluding hydrogens is 1610 g/mol. The van der Waals surface area contributed by atoms with Gasteiger partial charge in [-0.3, -0.25) is 0 Å². The highest BCUT2D eigenvalue weighted by atomic mass is 32.2. The maximum absolute atomic E-state index is 18.0. The van der Waals surface area contributed by atoms with Gasteiger partial charge in [-0.25, -0.2) is 25.3 Å². The minimum absolute atomic E-state index is 0.226. The Bertz CT molecular complexity index is 8010. The van der Waals surface area contributed by atoms with Gasteiger partial charge < -0.3 is 18.3 Å². The molecule has 10 nitrogen and oxygen atoms in total. The highest BCUT2D eigenvalue weighted by Crippen LogP contribution is 2.66. The Morgan fingerprint density at radius 2 is 0.392 bits per heavy atom. The molecule has 0 saturated heterocycles. The van der Waals surface area contributed by atoms with Crippen molar-refractivity contribution in [3.05, 3.63) is 467 Å². The predicted molar refractivity (Wildman–Crippen MR) is 497 cm³/mol. The molecule has 590 valence electrons. The summed E-state index contributed by atoms with van der Waals surface area (Å²) in [5.74, 6) is 0. The minimum atomic E-state index is -4.15. The number of benzene rings is 18. The average molecular weight is 1680 g/mol. The molecule has 3 aliphatic carbocycles. The van der Waals surface area contributed by atoms with Gasteiger partial charge in [-0.05, 0) is 246 Å². The van der Waals surface area contributed by atoms with Crippen LogP contribution >= 0.6 is 7.14 Å². The van der Waals surface area contributed by atoms with Crippen molar-refractivity contribution in [3.8, 4) is 50.4 Å². The van der Waals surface area contributed by atoms with E-state index in [2.05, 4.69) is 141 Å². The molecule has 3 aromatic heterocycles. The second kappa shape index (κ2) is 24.7. The maximum atomic E-state index is 18.0. The molecule has 6 aliphatic rings. The first-order valence-electron chi connectivity index (χ1n) is 41.9. The SMILES string of the molecule is O=P(c1ccc(-n2c3ccccc3c3cc4c(cc32)S(=O)(=O)c2ccccc2C42c3ccccc3-c3ccccc32)cc1)(c1ccc(-n2c3ccccc3c3cc4c(cc32)S(=O)(=O)c2ccccc2C42c3ccccc3-c3ccccc32)cc1)c1ccc(-n2c3ccccc3c3cc4c(cc32)S(=O)(=O)c2ccccc2C42c3ccccc3-c3ccccc32)cc1. The first-order chi connectivity index (χ1) is 61.2.